The lowest BCUT2D eigenvalue weighted by Crippen LogP contribution is -2.09. The zero-order valence-corrected chi connectivity index (χ0v) is 11.2. The summed E-state index contributed by atoms with van der Waals surface area (Å²) in [5.41, 5.74) is 0.922. The molecule has 0 saturated carbocycles. The predicted octanol–water partition coefficient (Wildman–Crippen LogP) is 1.59. The third-order valence-electron chi connectivity index (χ3n) is 2.77. The maximum atomic E-state index is 11.0. The molecule has 106 valence electrons. The van der Waals surface area contributed by atoms with Crippen molar-refractivity contribution in [3.63, 3.8) is 0 Å². The molecule has 1 heterocycles. The van der Waals surface area contributed by atoms with Gasteiger partial charge in [-0.25, -0.2) is 4.98 Å². The highest BCUT2D eigenvalue weighted by molar-refractivity contribution is 5.48. The van der Waals surface area contributed by atoms with Crippen molar-refractivity contribution in [2.24, 2.45) is 0 Å². The van der Waals surface area contributed by atoms with Crippen molar-refractivity contribution in [1.82, 2.24) is 14.9 Å². The molecule has 1 N–H and O–H groups in total. The summed E-state index contributed by atoms with van der Waals surface area (Å²) in [6.45, 7) is 1.57. The second-order valence-corrected chi connectivity index (χ2v) is 4.24. The van der Waals surface area contributed by atoms with Crippen LogP contribution in [0.15, 0.2) is 36.9 Å². The number of rotatable bonds is 7. The Morgan fingerprint density at radius 2 is 2.35 bits per heavy atom. The number of benzene rings is 1. The van der Waals surface area contributed by atoms with Crippen molar-refractivity contribution in [2.75, 3.05) is 13.7 Å². The molecule has 20 heavy (non-hydrogen) atoms. The van der Waals surface area contributed by atoms with Crippen LogP contribution in [0.5, 0.6) is 5.75 Å². The molecule has 0 aliphatic rings. The maximum Gasteiger partial charge on any atom is 0.310 e. The van der Waals surface area contributed by atoms with E-state index in [0.29, 0.717) is 25.4 Å². The quantitative estimate of drug-likeness (QED) is 0.613. The Kier molecular flexibility index (Phi) is 4.67. The summed E-state index contributed by atoms with van der Waals surface area (Å²) in [6.07, 6.45) is 5.17. The molecular formula is C13H16N4O3. The molecule has 1 aromatic heterocycles. The minimum Gasteiger partial charge on any atom is -0.485 e. The Hall–Kier alpha value is -2.41. The second kappa shape index (κ2) is 6.67. The van der Waals surface area contributed by atoms with Crippen LogP contribution in [0, 0.1) is 10.1 Å². The van der Waals surface area contributed by atoms with Crippen molar-refractivity contribution in [2.45, 2.75) is 13.1 Å². The number of hydrogen-bond donors (Lipinski definition) is 1. The van der Waals surface area contributed by atoms with Crippen molar-refractivity contribution in [1.29, 1.82) is 0 Å². The summed E-state index contributed by atoms with van der Waals surface area (Å²) < 4.78 is 7.39. The summed E-state index contributed by atoms with van der Waals surface area (Å²) in [5, 5.41) is 14.0. The van der Waals surface area contributed by atoms with Crippen LogP contribution in [0.2, 0.25) is 0 Å². The molecule has 0 atom stereocenters. The number of ether oxygens (including phenoxy) is 1. The molecule has 0 amide bonds. The highest BCUT2D eigenvalue weighted by atomic mass is 16.6. The summed E-state index contributed by atoms with van der Waals surface area (Å²) in [5.74, 6) is 0.294. The van der Waals surface area contributed by atoms with E-state index in [9.17, 15) is 10.1 Å². The number of hydrogen-bond acceptors (Lipinski definition) is 5. The van der Waals surface area contributed by atoms with Crippen LogP contribution >= 0.6 is 0 Å². The van der Waals surface area contributed by atoms with Crippen LogP contribution in [-0.2, 0) is 13.1 Å². The lowest BCUT2D eigenvalue weighted by Gasteiger charge is -2.09. The number of nitrogens with one attached hydrogen (secondary N) is 1. The predicted molar refractivity (Wildman–Crippen MR) is 73.6 cm³/mol. The number of nitro benzene ring substituents is 1. The third kappa shape index (κ3) is 3.55. The van der Waals surface area contributed by atoms with Gasteiger partial charge in [0.25, 0.3) is 0 Å². The number of imidazole rings is 1. The van der Waals surface area contributed by atoms with Gasteiger partial charge in [-0.15, -0.1) is 0 Å². The van der Waals surface area contributed by atoms with Gasteiger partial charge in [-0.05, 0) is 18.7 Å². The van der Waals surface area contributed by atoms with Gasteiger partial charge in [0, 0.05) is 25.0 Å². The van der Waals surface area contributed by atoms with Crippen molar-refractivity contribution in [3.05, 3.63) is 52.6 Å². The van der Waals surface area contributed by atoms with Gasteiger partial charge in [0.15, 0.2) is 5.75 Å². The third-order valence-corrected chi connectivity index (χ3v) is 2.77. The molecular weight excluding hydrogens is 260 g/mol. The summed E-state index contributed by atoms with van der Waals surface area (Å²) in [6, 6.07) is 4.89. The van der Waals surface area contributed by atoms with Crippen LogP contribution in [-0.4, -0.2) is 28.1 Å². The number of nitro groups is 1. The van der Waals surface area contributed by atoms with Crippen LogP contribution in [0.4, 0.5) is 5.69 Å². The first kappa shape index (κ1) is 14.0. The van der Waals surface area contributed by atoms with Gasteiger partial charge in [-0.1, -0.05) is 6.07 Å². The number of nitrogens with zero attached hydrogens (tertiary/aromatic N) is 3. The van der Waals surface area contributed by atoms with Crippen LogP contribution in [0.25, 0.3) is 0 Å². The molecule has 0 unspecified atom stereocenters. The molecule has 0 saturated heterocycles. The topological polar surface area (TPSA) is 82.2 Å². The zero-order chi connectivity index (χ0) is 14.4. The first-order valence-corrected chi connectivity index (χ1v) is 6.21. The second-order valence-electron chi connectivity index (χ2n) is 4.24. The molecule has 7 heteroatoms. The molecule has 0 radical (unpaired) electrons. The Bertz CT molecular complexity index is 569. The van der Waals surface area contributed by atoms with Crippen LogP contribution < -0.4 is 10.1 Å². The SMILES string of the molecule is CNCc1ccc([N+](=O)[O-])c(OCCn2ccnc2)c1. The zero-order valence-electron chi connectivity index (χ0n) is 11.2. The summed E-state index contributed by atoms with van der Waals surface area (Å²) >= 11 is 0. The molecule has 0 fully saturated rings. The van der Waals surface area contributed by atoms with E-state index in [1.54, 1.807) is 24.7 Å². The minimum atomic E-state index is -0.435. The highest BCUT2D eigenvalue weighted by Gasteiger charge is 2.15. The Labute approximate surface area is 116 Å². The van der Waals surface area contributed by atoms with Crippen LogP contribution in [0.3, 0.4) is 0 Å². The fourth-order valence-corrected chi connectivity index (χ4v) is 1.82. The first-order chi connectivity index (χ1) is 9.70. The smallest absolute Gasteiger partial charge is 0.310 e. The molecule has 0 aliphatic heterocycles. The normalized spacial score (nSPS) is 10.4. The maximum absolute atomic E-state index is 11.0. The van der Waals surface area contributed by atoms with Crippen molar-refractivity contribution in [3.8, 4) is 5.75 Å². The van der Waals surface area contributed by atoms with E-state index < -0.39 is 4.92 Å². The lowest BCUT2D eigenvalue weighted by atomic mass is 10.2. The highest BCUT2D eigenvalue weighted by Crippen LogP contribution is 2.28. The Morgan fingerprint density at radius 1 is 1.50 bits per heavy atom. The summed E-state index contributed by atoms with van der Waals surface area (Å²) in [4.78, 5) is 14.5. The molecule has 0 spiro atoms. The van der Waals surface area contributed by atoms with Gasteiger partial charge < -0.3 is 14.6 Å². The van der Waals surface area contributed by atoms with Gasteiger partial charge >= 0.3 is 5.69 Å². The molecule has 2 rings (SSSR count). The van der Waals surface area contributed by atoms with E-state index >= 15 is 0 Å². The Morgan fingerprint density at radius 3 is 3.00 bits per heavy atom. The van der Waals surface area contributed by atoms with E-state index in [1.165, 1.54) is 6.07 Å². The molecule has 0 bridgehead atoms. The van der Waals surface area contributed by atoms with Gasteiger partial charge in [0.2, 0.25) is 0 Å². The average Bonchev–Trinajstić information content (AvgIpc) is 2.92. The largest absolute Gasteiger partial charge is 0.485 e. The standard InChI is InChI=1S/C13H16N4O3/c1-14-9-11-2-3-12(17(18)19)13(8-11)20-7-6-16-5-4-15-10-16/h2-5,8,10,14H,6-7,9H2,1H3. The van der Waals surface area contributed by atoms with Crippen molar-refractivity contribution < 1.29 is 9.66 Å². The fourth-order valence-electron chi connectivity index (χ4n) is 1.82. The first-order valence-electron chi connectivity index (χ1n) is 6.21. The van der Waals surface area contributed by atoms with Gasteiger partial charge in [0.05, 0.1) is 17.8 Å². The van der Waals surface area contributed by atoms with E-state index in [-0.39, 0.29) is 5.69 Å². The Balaban J connectivity index is 2.06. The van der Waals surface area contributed by atoms with Gasteiger partial charge in [0.1, 0.15) is 6.61 Å². The minimum absolute atomic E-state index is 0.0181. The lowest BCUT2D eigenvalue weighted by molar-refractivity contribution is -0.385. The average molecular weight is 276 g/mol. The number of aromatic nitrogens is 2. The van der Waals surface area contributed by atoms with Gasteiger partial charge in [-0.3, -0.25) is 10.1 Å². The van der Waals surface area contributed by atoms with Crippen LogP contribution in [0.1, 0.15) is 5.56 Å². The molecule has 0 aliphatic carbocycles. The fraction of sp³-hybridized carbons (Fsp3) is 0.308. The molecule has 1 aromatic carbocycles. The van der Waals surface area contributed by atoms with E-state index in [0.717, 1.165) is 5.56 Å². The van der Waals surface area contributed by atoms with E-state index in [1.807, 2.05) is 17.8 Å². The van der Waals surface area contributed by atoms with Gasteiger partial charge in [-0.2, -0.15) is 0 Å². The van der Waals surface area contributed by atoms with E-state index in [4.69, 9.17) is 4.74 Å². The van der Waals surface area contributed by atoms with E-state index in [2.05, 4.69) is 10.3 Å². The molecule has 7 nitrogen and oxygen atoms in total. The summed E-state index contributed by atoms with van der Waals surface area (Å²) in [7, 11) is 1.82. The molecule has 2 aromatic rings. The monoisotopic (exact) mass is 276 g/mol. The van der Waals surface area contributed by atoms with Crippen molar-refractivity contribution >= 4 is 5.69 Å².